The van der Waals surface area contributed by atoms with E-state index in [0.29, 0.717) is 11.3 Å². The Morgan fingerprint density at radius 1 is 1.15 bits per heavy atom. The third kappa shape index (κ3) is 2.96. The first kappa shape index (κ1) is 14.5. The van der Waals surface area contributed by atoms with Crippen molar-refractivity contribution in [1.82, 2.24) is 0 Å². The largest absolute Gasteiger partial charge is 0.496 e. The third-order valence-corrected chi connectivity index (χ3v) is 3.18. The molecule has 0 aromatic heterocycles. The molecule has 0 heterocycles. The van der Waals surface area contributed by atoms with E-state index in [-0.39, 0.29) is 12.0 Å². The van der Waals surface area contributed by atoms with Crippen molar-refractivity contribution in [2.75, 3.05) is 7.11 Å². The molecular weight excluding hydrogens is 262 g/mol. The van der Waals surface area contributed by atoms with Crippen molar-refractivity contribution < 1.29 is 18.6 Å². The number of aryl methyl sites for hydroxylation is 1. The molecule has 1 N–H and O–H groups in total. The van der Waals surface area contributed by atoms with Gasteiger partial charge < -0.3 is 9.84 Å². The van der Waals surface area contributed by atoms with Gasteiger partial charge in [0, 0.05) is 6.42 Å². The smallest absolute Gasteiger partial charge is 0.131 e. The average Bonchev–Trinajstić information content (AvgIpc) is 2.38. The second kappa shape index (κ2) is 6.01. The zero-order valence-corrected chi connectivity index (χ0v) is 11.4. The molecule has 0 saturated carbocycles. The van der Waals surface area contributed by atoms with Crippen LogP contribution in [0.25, 0.3) is 0 Å². The number of rotatable bonds is 4. The Bertz CT molecular complexity index is 591. The van der Waals surface area contributed by atoms with Gasteiger partial charge in [0.2, 0.25) is 0 Å². The van der Waals surface area contributed by atoms with Gasteiger partial charge in [0.1, 0.15) is 17.4 Å². The molecule has 0 aliphatic carbocycles. The molecule has 0 bridgehead atoms. The normalized spacial score (nSPS) is 12.2. The van der Waals surface area contributed by atoms with E-state index in [9.17, 15) is 13.9 Å². The van der Waals surface area contributed by atoms with E-state index in [1.807, 2.05) is 19.1 Å². The van der Waals surface area contributed by atoms with Crippen molar-refractivity contribution in [3.8, 4) is 5.75 Å². The van der Waals surface area contributed by atoms with Crippen LogP contribution in [-0.4, -0.2) is 12.2 Å². The van der Waals surface area contributed by atoms with E-state index < -0.39 is 17.7 Å². The molecular formula is C16H16F2O2. The molecule has 2 aromatic carbocycles. The van der Waals surface area contributed by atoms with Gasteiger partial charge in [-0.3, -0.25) is 0 Å². The summed E-state index contributed by atoms with van der Waals surface area (Å²) in [5, 5.41) is 10.1. The Hall–Kier alpha value is -1.94. The second-order valence-corrected chi connectivity index (χ2v) is 4.67. The van der Waals surface area contributed by atoms with Crippen LogP contribution >= 0.6 is 0 Å². The minimum atomic E-state index is -1.26. The zero-order valence-electron chi connectivity index (χ0n) is 11.4. The lowest BCUT2D eigenvalue weighted by Crippen LogP contribution is -2.08. The van der Waals surface area contributed by atoms with E-state index in [4.69, 9.17) is 4.74 Å². The van der Waals surface area contributed by atoms with Crippen LogP contribution in [0.1, 0.15) is 22.8 Å². The van der Waals surface area contributed by atoms with Crippen LogP contribution in [0.5, 0.6) is 5.75 Å². The number of aliphatic hydroxyl groups excluding tert-OH is 1. The highest BCUT2D eigenvalue weighted by Crippen LogP contribution is 2.28. The summed E-state index contributed by atoms with van der Waals surface area (Å²) in [5.41, 5.74) is 1.39. The number of methoxy groups -OCH3 is 1. The SMILES string of the molecule is COc1ccc(C)cc1CC(O)c1c(F)cccc1F. The highest BCUT2D eigenvalue weighted by Gasteiger charge is 2.19. The Kier molecular flexibility index (Phi) is 4.35. The molecule has 0 spiro atoms. The van der Waals surface area contributed by atoms with Crippen molar-refractivity contribution in [3.05, 3.63) is 64.7 Å². The Labute approximate surface area is 116 Å². The zero-order chi connectivity index (χ0) is 14.7. The molecule has 0 radical (unpaired) electrons. The predicted octanol–water partition coefficient (Wildman–Crippen LogP) is 3.56. The highest BCUT2D eigenvalue weighted by molar-refractivity contribution is 5.38. The first-order chi connectivity index (χ1) is 9.52. The molecule has 0 fully saturated rings. The number of hydrogen-bond donors (Lipinski definition) is 1. The average molecular weight is 278 g/mol. The Morgan fingerprint density at radius 3 is 2.40 bits per heavy atom. The van der Waals surface area contributed by atoms with Gasteiger partial charge in [-0.1, -0.05) is 23.8 Å². The van der Waals surface area contributed by atoms with Crippen LogP contribution < -0.4 is 4.74 Å². The molecule has 0 amide bonds. The Balaban J connectivity index is 2.32. The first-order valence-corrected chi connectivity index (χ1v) is 6.28. The van der Waals surface area contributed by atoms with Gasteiger partial charge >= 0.3 is 0 Å². The van der Waals surface area contributed by atoms with Crippen molar-refractivity contribution in [1.29, 1.82) is 0 Å². The summed E-state index contributed by atoms with van der Waals surface area (Å²) in [6.45, 7) is 1.90. The second-order valence-electron chi connectivity index (χ2n) is 4.67. The molecule has 20 heavy (non-hydrogen) atoms. The van der Waals surface area contributed by atoms with E-state index in [2.05, 4.69) is 0 Å². The lowest BCUT2D eigenvalue weighted by Gasteiger charge is -2.15. The van der Waals surface area contributed by atoms with Crippen LogP contribution in [0, 0.1) is 18.6 Å². The molecule has 106 valence electrons. The van der Waals surface area contributed by atoms with Crippen LogP contribution in [0.15, 0.2) is 36.4 Å². The van der Waals surface area contributed by atoms with E-state index >= 15 is 0 Å². The maximum absolute atomic E-state index is 13.6. The first-order valence-electron chi connectivity index (χ1n) is 6.28. The number of aliphatic hydroxyl groups is 1. The van der Waals surface area contributed by atoms with Crippen molar-refractivity contribution in [2.24, 2.45) is 0 Å². The number of halogens is 2. The van der Waals surface area contributed by atoms with Crippen molar-refractivity contribution in [2.45, 2.75) is 19.4 Å². The molecule has 2 rings (SSSR count). The molecule has 2 nitrogen and oxygen atoms in total. The van der Waals surface area contributed by atoms with Gasteiger partial charge in [-0.05, 0) is 30.7 Å². The third-order valence-electron chi connectivity index (χ3n) is 3.18. The van der Waals surface area contributed by atoms with Crippen LogP contribution in [0.4, 0.5) is 8.78 Å². The van der Waals surface area contributed by atoms with Crippen molar-refractivity contribution in [3.63, 3.8) is 0 Å². The standard InChI is InChI=1S/C16H16F2O2/c1-10-6-7-15(20-2)11(8-10)9-14(19)16-12(17)4-3-5-13(16)18/h3-8,14,19H,9H2,1-2H3. The summed E-state index contributed by atoms with van der Waals surface area (Å²) >= 11 is 0. The number of benzene rings is 2. The van der Waals surface area contributed by atoms with Gasteiger partial charge in [-0.2, -0.15) is 0 Å². The predicted molar refractivity (Wildman–Crippen MR) is 72.8 cm³/mol. The number of ether oxygens (including phenoxy) is 1. The minimum absolute atomic E-state index is 0.0860. The maximum Gasteiger partial charge on any atom is 0.131 e. The molecule has 1 unspecified atom stereocenters. The monoisotopic (exact) mass is 278 g/mol. The van der Waals surface area contributed by atoms with Crippen LogP contribution in [0.2, 0.25) is 0 Å². The minimum Gasteiger partial charge on any atom is -0.496 e. The molecule has 0 aliphatic heterocycles. The quantitative estimate of drug-likeness (QED) is 0.926. The van der Waals surface area contributed by atoms with Gasteiger partial charge in [0.25, 0.3) is 0 Å². The van der Waals surface area contributed by atoms with Gasteiger partial charge in [-0.25, -0.2) is 8.78 Å². The van der Waals surface area contributed by atoms with E-state index in [1.165, 1.54) is 13.2 Å². The van der Waals surface area contributed by atoms with E-state index in [0.717, 1.165) is 17.7 Å². The summed E-state index contributed by atoms with van der Waals surface area (Å²) in [7, 11) is 1.52. The fourth-order valence-electron chi connectivity index (χ4n) is 2.21. The molecule has 0 saturated heterocycles. The van der Waals surface area contributed by atoms with E-state index in [1.54, 1.807) is 6.07 Å². The fourth-order valence-corrected chi connectivity index (χ4v) is 2.21. The molecule has 2 aromatic rings. The maximum atomic E-state index is 13.6. The number of hydrogen-bond acceptors (Lipinski definition) is 2. The highest BCUT2D eigenvalue weighted by atomic mass is 19.1. The van der Waals surface area contributed by atoms with Gasteiger partial charge in [-0.15, -0.1) is 0 Å². The van der Waals surface area contributed by atoms with Crippen molar-refractivity contribution >= 4 is 0 Å². The summed E-state index contributed by atoms with van der Waals surface area (Å²) in [6, 6.07) is 9.02. The Morgan fingerprint density at radius 2 is 1.80 bits per heavy atom. The van der Waals surface area contributed by atoms with Gasteiger partial charge in [0.15, 0.2) is 0 Å². The van der Waals surface area contributed by atoms with Crippen LogP contribution in [0.3, 0.4) is 0 Å². The lowest BCUT2D eigenvalue weighted by atomic mass is 9.98. The fraction of sp³-hybridized carbons (Fsp3) is 0.250. The summed E-state index contributed by atoms with van der Waals surface area (Å²) in [5.74, 6) is -0.903. The summed E-state index contributed by atoms with van der Waals surface area (Å²) in [6.07, 6.45) is -1.17. The summed E-state index contributed by atoms with van der Waals surface area (Å²) < 4.78 is 32.5. The summed E-state index contributed by atoms with van der Waals surface area (Å²) in [4.78, 5) is 0. The molecule has 1 atom stereocenters. The molecule has 0 aliphatic rings. The van der Waals surface area contributed by atoms with Crippen LogP contribution in [-0.2, 0) is 6.42 Å². The topological polar surface area (TPSA) is 29.5 Å². The lowest BCUT2D eigenvalue weighted by molar-refractivity contribution is 0.167. The molecule has 4 heteroatoms. The van der Waals surface area contributed by atoms with Gasteiger partial charge in [0.05, 0.1) is 18.8 Å².